The number of rotatable bonds is 2. The van der Waals surface area contributed by atoms with E-state index < -0.39 is 0 Å². The first kappa shape index (κ1) is 14.0. The lowest BCUT2D eigenvalue weighted by molar-refractivity contribution is -0.118. The van der Waals surface area contributed by atoms with Crippen molar-refractivity contribution < 1.29 is 14.6 Å². The Morgan fingerprint density at radius 3 is 2.95 bits per heavy atom. The molecule has 22 heavy (non-hydrogen) atoms. The van der Waals surface area contributed by atoms with Crippen LogP contribution in [0.2, 0.25) is 0 Å². The van der Waals surface area contributed by atoms with Crippen molar-refractivity contribution >= 4 is 11.6 Å². The normalized spacial score (nSPS) is 16.0. The molecular weight excluding hydrogens is 280 g/mol. The molecule has 1 aliphatic rings. The monoisotopic (exact) mass is 294 g/mol. The number of fused-ring (bicyclic) bond motifs is 1. The summed E-state index contributed by atoms with van der Waals surface area (Å²) in [5.74, 6) is 0.0906. The Hall–Kier alpha value is -3.00. The Labute approximate surface area is 127 Å². The SMILES string of the molecule is N#Cc1ccc(O)c(NC(=O)[C@@H]2CCOc3ccccc32)c1. The van der Waals surface area contributed by atoms with E-state index in [0.717, 1.165) is 5.56 Å². The molecule has 5 heteroatoms. The minimum atomic E-state index is -0.338. The number of amides is 1. The standard InChI is InChI=1S/C17H14N2O3/c18-10-11-5-6-15(20)14(9-11)19-17(21)13-7-8-22-16-4-2-1-3-12(13)16/h1-6,9,13,20H,7-8H2,(H,19,21)/t13-/m1/s1. The Morgan fingerprint density at radius 2 is 2.14 bits per heavy atom. The lowest BCUT2D eigenvalue weighted by Gasteiger charge is -2.25. The number of phenols is 1. The maximum atomic E-state index is 12.5. The lowest BCUT2D eigenvalue weighted by Crippen LogP contribution is -2.26. The topological polar surface area (TPSA) is 82.4 Å². The number of anilines is 1. The van der Waals surface area contributed by atoms with Gasteiger partial charge >= 0.3 is 0 Å². The lowest BCUT2D eigenvalue weighted by atomic mass is 9.92. The van der Waals surface area contributed by atoms with Gasteiger partial charge in [-0.2, -0.15) is 5.26 Å². The molecule has 1 amide bonds. The van der Waals surface area contributed by atoms with Crippen molar-refractivity contribution in [2.75, 3.05) is 11.9 Å². The van der Waals surface area contributed by atoms with Crippen molar-refractivity contribution in [1.82, 2.24) is 0 Å². The van der Waals surface area contributed by atoms with Crippen molar-refractivity contribution in [3.63, 3.8) is 0 Å². The van der Waals surface area contributed by atoms with E-state index >= 15 is 0 Å². The van der Waals surface area contributed by atoms with Gasteiger partial charge in [-0.1, -0.05) is 18.2 Å². The molecule has 0 unspecified atom stereocenters. The van der Waals surface area contributed by atoms with Crippen molar-refractivity contribution in [1.29, 1.82) is 5.26 Å². The largest absolute Gasteiger partial charge is 0.506 e. The fraction of sp³-hybridized carbons (Fsp3) is 0.176. The van der Waals surface area contributed by atoms with E-state index in [2.05, 4.69) is 5.32 Å². The Bertz CT molecular complexity index is 765. The van der Waals surface area contributed by atoms with Crippen LogP contribution in [0.25, 0.3) is 0 Å². The van der Waals surface area contributed by atoms with Crippen molar-refractivity contribution in [2.24, 2.45) is 0 Å². The second-order valence-corrected chi connectivity index (χ2v) is 5.06. The molecule has 0 saturated carbocycles. The molecule has 0 saturated heterocycles. The predicted molar refractivity (Wildman–Crippen MR) is 80.7 cm³/mol. The van der Waals surface area contributed by atoms with Gasteiger partial charge in [0.05, 0.1) is 29.8 Å². The van der Waals surface area contributed by atoms with Gasteiger partial charge in [0.1, 0.15) is 11.5 Å². The first-order chi connectivity index (χ1) is 10.7. The number of phenolic OH excluding ortho intramolecular Hbond substituents is 1. The van der Waals surface area contributed by atoms with Crippen LogP contribution in [0, 0.1) is 11.3 Å². The molecule has 0 spiro atoms. The zero-order valence-electron chi connectivity index (χ0n) is 11.7. The fourth-order valence-electron chi connectivity index (χ4n) is 2.54. The van der Waals surface area contributed by atoms with Gasteiger partial charge < -0.3 is 15.2 Å². The molecule has 3 rings (SSSR count). The van der Waals surface area contributed by atoms with E-state index in [9.17, 15) is 9.90 Å². The summed E-state index contributed by atoms with van der Waals surface area (Å²) in [5.41, 5.74) is 1.45. The average molecular weight is 294 g/mol. The Morgan fingerprint density at radius 1 is 1.32 bits per heavy atom. The number of benzene rings is 2. The molecule has 0 aliphatic carbocycles. The van der Waals surface area contributed by atoms with Gasteiger partial charge in [0.2, 0.25) is 5.91 Å². The van der Waals surface area contributed by atoms with Crippen LogP contribution in [0.5, 0.6) is 11.5 Å². The van der Waals surface area contributed by atoms with Crippen LogP contribution < -0.4 is 10.1 Å². The van der Waals surface area contributed by atoms with E-state index in [1.807, 2.05) is 30.3 Å². The summed E-state index contributed by atoms with van der Waals surface area (Å²) in [7, 11) is 0. The number of carbonyl (C=O) groups is 1. The summed E-state index contributed by atoms with van der Waals surface area (Å²) in [6, 6.07) is 13.8. The highest BCUT2D eigenvalue weighted by molar-refractivity contribution is 5.97. The van der Waals surface area contributed by atoms with Crippen molar-refractivity contribution in [2.45, 2.75) is 12.3 Å². The van der Waals surface area contributed by atoms with Gasteiger partial charge in [-0.05, 0) is 30.7 Å². The van der Waals surface area contributed by atoms with Crippen LogP contribution in [0.4, 0.5) is 5.69 Å². The Kier molecular flexibility index (Phi) is 3.67. The first-order valence-electron chi connectivity index (χ1n) is 6.95. The number of aromatic hydroxyl groups is 1. The number of nitrogens with one attached hydrogen (secondary N) is 1. The Balaban J connectivity index is 1.86. The molecule has 1 aliphatic heterocycles. The quantitative estimate of drug-likeness (QED) is 0.834. The molecule has 1 heterocycles. The third kappa shape index (κ3) is 2.59. The number of nitriles is 1. The van der Waals surface area contributed by atoms with Crippen molar-refractivity contribution in [3.8, 4) is 17.6 Å². The van der Waals surface area contributed by atoms with Crippen LogP contribution in [-0.4, -0.2) is 17.6 Å². The number of nitrogens with zero attached hydrogens (tertiary/aromatic N) is 1. The third-order valence-electron chi connectivity index (χ3n) is 3.66. The number of hydrogen-bond donors (Lipinski definition) is 2. The van der Waals surface area contributed by atoms with Gasteiger partial charge in [-0.25, -0.2) is 0 Å². The number of hydrogen-bond acceptors (Lipinski definition) is 4. The fourth-order valence-corrected chi connectivity index (χ4v) is 2.54. The molecular formula is C17H14N2O3. The molecule has 0 aromatic heterocycles. The first-order valence-corrected chi connectivity index (χ1v) is 6.95. The van der Waals surface area contributed by atoms with Crippen LogP contribution >= 0.6 is 0 Å². The van der Waals surface area contributed by atoms with Gasteiger partial charge in [0.25, 0.3) is 0 Å². The maximum Gasteiger partial charge on any atom is 0.232 e. The molecule has 0 fully saturated rings. The van der Waals surface area contributed by atoms with Gasteiger partial charge in [-0.15, -0.1) is 0 Å². The van der Waals surface area contributed by atoms with Gasteiger partial charge in [-0.3, -0.25) is 4.79 Å². The molecule has 2 aromatic carbocycles. The zero-order chi connectivity index (χ0) is 15.5. The molecule has 2 N–H and O–H groups in total. The van der Waals surface area contributed by atoms with E-state index in [1.54, 1.807) is 0 Å². The summed E-state index contributed by atoms with van der Waals surface area (Å²) < 4.78 is 5.54. The smallest absolute Gasteiger partial charge is 0.232 e. The number of carbonyl (C=O) groups excluding carboxylic acids is 1. The number of para-hydroxylation sites is 1. The minimum Gasteiger partial charge on any atom is -0.506 e. The highest BCUT2D eigenvalue weighted by atomic mass is 16.5. The summed E-state index contributed by atoms with van der Waals surface area (Å²) in [4.78, 5) is 12.5. The second-order valence-electron chi connectivity index (χ2n) is 5.06. The summed E-state index contributed by atoms with van der Waals surface area (Å²) in [5, 5.41) is 21.4. The molecule has 0 radical (unpaired) electrons. The molecule has 0 bridgehead atoms. The predicted octanol–water partition coefficient (Wildman–Crippen LogP) is 2.77. The molecule has 110 valence electrons. The highest BCUT2D eigenvalue weighted by Gasteiger charge is 2.27. The highest BCUT2D eigenvalue weighted by Crippen LogP contribution is 2.35. The van der Waals surface area contributed by atoms with Crippen LogP contribution in [0.1, 0.15) is 23.5 Å². The summed E-state index contributed by atoms with van der Waals surface area (Å²) >= 11 is 0. The van der Waals surface area contributed by atoms with E-state index in [4.69, 9.17) is 10.00 Å². The number of ether oxygens (including phenoxy) is 1. The third-order valence-corrected chi connectivity index (χ3v) is 3.66. The summed E-state index contributed by atoms with van der Waals surface area (Å²) in [6.45, 7) is 0.472. The minimum absolute atomic E-state index is 0.0623. The molecule has 1 atom stereocenters. The van der Waals surface area contributed by atoms with Gasteiger partial charge in [0, 0.05) is 5.56 Å². The van der Waals surface area contributed by atoms with Gasteiger partial charge in [0.15, 0.2) is 0 Å². The van der Waals surface area contributed by atoms with E-state index in [-0.39, 0.29) is 23.3 Å². The molecule has 5 nitrogen and oxygen atoms in total. The zero-order valence-corrected chi connectivity index (χ0v) is 11.7. The average Bonchev–Trinajstić information content (AvgIpc) is 2.56. The maximum absolute atomic E-state index is 12.5. The van der Waals surface area contributed by atoms with Crippen LogP contribution in [-0.2, 0) is 4.79 Å². The van der Waals surface area contributed by atoms with Crippen LogP contribution in [0.3, 0.4) is 0 Å². The van der Waals surface area contributed by atoms with Crippen molar-refractivity contribution in [3.05, 3.63) is 53.6 Å². The van der Waals surface area contributed by atoms with E-state index in [1.165, 1.54) is 18.2 Å². The molecule has 2 aromatic rings. The van der Waals surface area contributed by atoms with E-state index in [0.29, 0.717) is 24.3 Å². The van der Waals surface area contributed by atoms with Crippen LogP contribution in [0.15, 0.2) is 42.5 Å². The second kappa shape index (κ2) is 5.78. The summed E-state index contributed by atoms with van der Waals surface area (Å²) in [6.07, 6.45) is 0.571.